The first-order valence-electron chi connectivity index (χ1n) is 9.34. The number of rotatable bonds is 3. The number of allylic oxidation sites excluding steroid dienone is 2. The van der Waals surface area contributed by atoms with Crippen LogP contribution in [0.25, 0.3) is 0 Å². The zero-order valence-electron chi connectivity index (χ0n) is 14.8. The zero-order valence-corrected chi connectivity index (χ0v) is 15.6. The highest BCUT2D eigenvalue weighted by atomic mass is 35.5. The van der Waals surface area contributed by atoms with Crippen LogP contribution in [0, 0.1) is 5.92 Å². The Labute approximate surface area is 164 Å². The van der Waals surface area contributed by atoms with Crippen LogP contribution in [-0.4, -0.2) is 0 Å². The van der Waals surface area contributed by atoms with Gasteiger partial charge in [-0.05, 0) is 59.9 Å². The molecule has 3 heteroatoms. The molecule has 0 unspecified atom stereocenters. The average molecular weight is 374 g/mol. The van der Waals surface area contributed by atoms with Gasteiger partial charge in [-0.3, -0.25) is 0 Å². The minimum Gasteiger partial charge on any atom is -0.457 e. The predicted molar refractivity (Wildman–Crippen MR) is 111 cm³/mol. The molecule has 0 saturated heterocycles. The fourth-order valence-corrected chi connectivity index (χ4v) is 4.55. The topological polar surface area (TPSA) is 21.3 Å². The molecule has 1 N–H and O–H groups in total. The van der Waals surface area contributed by atoms with E-state index in [1.807, 2.05) is 48.5 Å². The minimum atomic E-state index is 0.215. The van der Waals surface area contributed by atoms with Crippen molar-refractivity contribution in [3.8, 4) is 11.5 Å². The van der Waals surface area contributed by atoms with Crippen LogP contribution in [0.3, 0.4) is 0 Å². The first-order chi connectivity index (χ1) is 13.3. The van der Waals surface area contributed by atoms with Crippen LogP contribution in [0.1, 0.15) is 29.5 Å². The average Bonchev–Trinajstić information content (AvgIpc) is 3.19. The van der Waals surface area contributed by atoms with Crippen molar-refractivity contribution in [2.45, 2.75) is 18.4 Å². The molecule has 3 aromatic rings. The highest BCUT2D eigenvalue weighted by Crippen LogP contribution is 2.51. The Morgan fingerprint density at radius 3 is 2.52 bits per heavy atom. The van der Waals surface area contributed by atoms with Crippen LogP contribution in [-0.2, 0) is 0 Å². The molecule has 27 heavy (non-hydrogen) atoms. The molecule has 1 aliphatic carbocycles. The molecule has 3 aromatic carbocycles. The number of para-hydroxylation sites is 1. The maximum absolute atomic E-state index is 6.51. The maximum atomic E-state index is 6.51. The molecule has 2 aliphatic rings. The van der Waals surface area contributed by atoms with E-state index in [9.17, 15) is 0 Å². The fraction of sp³-hybridized carbons (Fsp3) is 0.167. The fourth-order valence-electron chi connectivity index (χ4n) is 4.30. The summed E-state index contributed by atoms with van der Waals surface area (Å²) >= 11 is 6.51. The Morgan fingerprint density at radius 2 is 1.67 bits per heavy atom. The van der Waals surface area contributed by atoms with E-state index in [2.05, 4.69) is 41.7 Å². The first-order valence-corrected chi connectivity index (χ1v) is 9.72. The van der Waals surface area contributed by atoms with Crippen molar-refractivity contribution < 1.29 is 4.74 Å². The van der Waals surface area contributed by atoms with Gasteiger partial charge in [0.05, 0.1) is 6.04 Å². The molecule has 0 spiro atoms. The molecule has 0 radical (unpaired) electrons. The number of benzene rings is 3. The molecule has 5 rings (SSSR count). The Morgan fingerprint density at radius 1 is 0.852 bits per heavy atom. The molecule has 1 aliphatic heterocycles. The monoisotopic (exact) mass is 373 g/mol. The van der Waals surface area contributed by atoms with E-state index in [-0.39, 0.29) is 6.04 Å². The third-order valence-corrected chi connectivity index (χ3v) is 5.90. The third-order valence-electron chi connectivity index (χ3n) is 5.55. The Kier molecular flexibility index (Phi) is 4.14. The molecule has 0 aromatic heterocycles. The molecule has 2 nitrogen and oxygen atoms in total. The van der Waals surface area contributed by atoms with Crippen LogP contribution in [0.2, 0.25) is 5.02 Å². The lowest BCUT2D eigenvalue weighted by atomic mass is 9.77. The summed E-state index contributed by atoms with van der Waals surface area (Å²) in [7, 11) is 0. The van der Waals surface area contributed by atoms with Gasteiger partial charge in [-0.2, -0.15) is 0 Å². The Balaban J connectivity index is 1.51. The van der Waals surface area contributed by atoms with Gasteiger partial charge in [-0.1, -0.05) is 60.2 Å². The van der Waals surface area contributed by atoms with Crippen molar-refractivity contribution in [2.24, 2.45) is 5.92 Å². The normalized spacial score (nSPS) is 22.6. The minimum absolute atomic E-state index is 0.215. The SMILES string of the molecule is Clc1ccccc1[C@@H]1Nc2ccc(Oc3ccccc3)cc2[C@@H]2C=CC[C@@H]21. The number of halogens is 1. The van der Waals surface area contributed by atoms with Crippen molar-refractivity contribution in [3.05, 3.63) is 101 Å². The Bertz CT molecular complexity index is 998. The van der Waals surface area contributed by atoms with Gasteiger partial charge >= 0.3 is 0 Å². The number of anilines is 1. The van der Waals surface area contributed by atoms with E-state index in [0.29, 0.717) is 11.8 Å². The van der Waals surface area contributed by atoms with E-state index in [1.165, 1.54) is 11.1 Å². The molecule has 134 valence electrons. The van der Waals surface area contributed by atoms with Gasteiger partial charge in [0.1, 0.15) is 11.5 Å². The van der Waals surface area contributed by atoms with Crippen LogP contribution in [0.15, 0.2) is 84.9 Å². The number of hydrogen-bond acceptors (Lipinski definition) is 2. The van der Waals surface area contributed by atoms with Crippen LogP contribution in [0.4, 0.5) is 5.69 Å². The second kappa shape index (κ2) is 6.79. The Hall–Kier alpha value is -2.71. The number of hydrogen-bond donors (Lipinski definition) is 1. The second-order valence-corrected chi connectivity index (χ2v) is 7.57. The summed E-state index contributed by atoms with van der Waals surface area (Å²) in [6, 6.07) is 24.6. The number of ether oxygens (including phenoxy) is 1. The van der Waals surface area contributed by atoms with Crippen molar-refractivity contribution in [1.29, 1.82) is 0 Å². The van der Waals surface area contributed by atoms with Gasteiger partial charge in [0.25, 0.3) is 0 Å². The van der Waals surface area contributed by atoms with Gasteiger partial charge in [-0.15, -0.1) is 0 Å². The zero-order chi connectivity index (χ0) is 18.2. The summed E-state index contributed by atoms with van der Waals surface area (Å²) < 4.78 is 6.05. The maximum Gasteiger partial charge on any atom is 0.127 e. The summed E-state index contributed by atoms with van der Waals surface area (Å²) in [5.74, 6) is 2.57. The smallest absolute Gasteiger partial charge is 0.127 e. The van der Waals surface area contributed by atoms with E-state index >= 15 is 0 Å². The number of fused-ring (bicyclic) bond motifs is 3. The molecule has 1 heterocycles. The summed E-state index contributed by atoms with van der Waals surface area (Å²) in [5.41, 5.74) is 3.63. The van der Waals surface area contributed by atoms with Gasteiger partial charge in [0.15, 0.2) is 0 Å². The van der Waals surface area contributed by atoms with E-state index in [4.69, 9.17) is 16.3 Å². The van der Waals surface area contributed by atoms with Crippen LogP contribution in [0.5, 0.6) is 11.5 Å². The van der Waals surface area contributed by atoms with Crippen molar-refractivity contribution in [3.63, 3.8) is 0 Å². The van der Waals surface area contributed by atoms with Gasteiger partial charge in [0.2, 0.25) is 0 Å². The second-order valence-electron chi connectivity index (χ2n) is 7.16. The van der Waals surface area contributed by atoms with E-state index in [1.54, 1.807) is 0 Å². The standard InChI is InChI=1S/C24H20ClNO/c25-22-12-5-4-9-20(22)24-19-11-6-10-18(19)21-15-17(13-14-23(21)26-24)27-16-7-2-1-3-8-16/h1-10,12-15,18-19,24,26H,11H2/t18-,19+,24-/m1/s1. The quantitative estimate of drug-likeness (QED) is 0.501. The first kappa shape index (κ1) is 16.5. The molecule has 0 bridgehead atoms. The lowest BCUT2D eigenvalue weighted by Gasteiger charge is -2.38. The molecule has 0 amide bonds. The molecular weight excluding hydrogens is 354 g/mol. The summed E-state index contributed by atoms with van der Waals surface area (Å²) in [4.78, 5) is 0. The lowest BCUT2D eigenvalue weighted by molar-refractivity contribution is 0.422. The summed E-state index contributed by atoms with van der Waals surface area (Å²) in [5, 5.41) is 4.56. The van der Waals surface area contributed by atoms with E-state index < -0.39 is 0 Å². The van der Waals surface area contributed by atoms with Crippen LogP contribution >= 0.6 is 11.6 Å². The highest BCUT2D eigenvalue weighted by molar-refractivity contribution is 6.31. The lowest BCUT2D eigenvalue weighted by Crippen LogP contribution is -2.29. The van der Waals surface area contributed by atoms with E-state index in [0.717, 1.165) is 28.6 Å². The van der Waals surface area contributed by atoms with Crippen molar-refractivity contribution >= 4 is 17.3 Å². The van der Waals surface area contributed by atoms with Crippen molar-refractivity contribution in [1.82, 2.24) is 0 Å². The van der Waals surface area contributed by atoms with Gasteiger partial charge < -0.3 is 10.1 Å². The van der Waals surface area contributed by atoms with Crippen molar-refractivity contribution in [2.75, 3.05) is 5.32 Å². The summed E-state index contributed by atoms with van der Waals surface area (Å²) in [6.45, 7) is 0. The molecular formula is C24H20ClNO. The molecule has 3 atom stereocenters. The predicted octanol–water partition coefficient (Wildman–Crippen LogP) is 6.96. The van der Waals surface area contributed by atoms with Gasteiger partial charge in [0, 0.05) is 16.6 Å². The third kappa shape index (κ3) is 3.00. The number of nitrogens with one attached hydrogen (secondary N) is 1. The summed E-state index contributed by atoms with van der Waals surface area (Å²) in [6.07, 6.45) is 5.68. The highest BCUT2D eigenvalue weighted by Gasteiger charge is 2.38. The van der Waals surface area contributed by atoms with Crippen LogP contribution < -0.4 is 10.1 Å². The van der Waals surface area contributed by atoms with Gasteiger partial charge in [-0.25, -0.2) is 0 Å². The largest absolute Gasteiger partial charge is 0.457 e. The molecule has 0 saturated carbocycles. The molecule has 0 fully saturated rings.